The van der Waals surface area contributed by atoms with Crippen LogP contribution in [0.25, 0.3) is 0 Å². The highest BCUT2D eigenvalue weighted by atomic mass is 35.5. The molecule has 0 spiro atoms. The molecular weight excluding hydrogens is 196 g/mol. The Morgan fingerprint density at radius 1 is 1.36 bits per heavy atom. The quantitative estimate of drug-likeness (QED) is 0.678. The van der Waals surface area contributed by atoms with Crippen LogP contribution in [0.4, 0.5) is 0 Å². The number of rotatable bonds is 5. The van der Waals surface area contributed by atoms with E-state index in [1.807, 2.05) is 25.1 Å². The number of ether oxygens (including phenoxy) is 1. The van der Waals surface area contributed by atoms with Gasteiger partial charge in [0.1, 0.15) is 5.75 Å². The zero-order valence-corrected chi connectivity index (χ0v) is 9.55. The first-order valence-electron chi connectivity index (χ1n) is 5.08. The smallest absolute Gasteiger partial charge is 0.122 e. The Labute approximate surface area is 91.0 Å². The molecule has 1 aromatic rings. The fraction of sp³-hybridized carbons (Fsp3) is 0.500. The minimum atomic E-state index is 0.154. The number of halogens is 1. The Kier molecular flexibility index (Phi) is 4.81. The third-order valence-corrected chi connectivity index (χ3v) is 2.09. The molecule has 0 saturated carbocycles. The van der Waals surface area contributed by atoms with E-state index in [-0.39, 0.29) is 5.38 Å². The molecule has 1 atom stereocenters. The molecule has 0 fully saturated rings. The van der Waals surface area contributed by atoms with Gasteiger partial charge >= 0.3 is 0 Å². The summed E-state index contributed by atoms with van der Waals surface area (Å²) in [5.74, 6) is 0.974. The molecule has 14 heavy (non-hydrogen) atoms. The molecule has 1 nitrogen and oxygen atoms in total. The Bertz CT molecular complexity index is 271. The molecule has 0 aliphatic rings. The van der Waals surface area contributed by atoms with E-state index in [1.54, 1.807) is 0 Å². The first-order valence-corrected chi connectivity index (χ1v) is 5.52. The van der Waals surface area contributed by atoms with Crippen molar-refractivity contribution in [3.05, 3.63) is 29.8 Å². The van der Waals surface area contributed by atoms with Gasteiger partial charge in [-0.05, 0) is 31.4 Å². The zero-order chi connectivity index (χ0) is 10.4. The van der Waals surface area contributed by atoms with E-state index >= 15 is 0 Å². The Morgan fingerprint density at radius 2 is 2.07 bits per heavy atom. The second-order valence-electron chi connectivity index (χ2n) is 3.44. The van der Waals surface area contributed by atoms with E-state index in [9.17, 15) is 0 Å². The van der Waals surface area contributed by atoms with Gasteiger partial charge < -0.3 is 4.74 Å². The van der Waals surface area contributed by atoms with Crippen LogP contribution in [0, 0.1) is 0 Å². The molecule has 2 heteroatoms. The molecule has 1 unspecified atom stereocenters. The summed E-state index contributed by atoms with van der Waals surface area (Å²) < 4.78 is 5.63. The molecule has 0 aliphatic carbocycles. The maximum Gasteiger partial charge on any atom is 0.122 e. The van der Waals surface area contributed by atoms with Gasteiger partial charge in [-0.3, -0.25) is 0 Å². The highest BCUT2D eigenvalue weighted by Crippen LogP contribution is 2.20. The summed E-state index contributed by atoms with van der Waals surface area (Å²) in [5.41, 5.74) is 1.20. The lowest BCUT2D eigenvalue weighted by Gasteiger charge is -2.11. The topological polar surface area (TPSA) is 9.23 Å². The van der Waals surface area contributed by atoms with Crippen LogP contribution in [0.5, 0.6) is 5.75 Å². The zero-order valence-electron chi connectivity index (χ0n) is 8.79. The Morgan fingerprint density at radius 3 is 2.71 bits per heavy atom. The van der Waals surface area contributed by atoms with E-state index in [0.29, 0.717) is 0 Å². The van der Waals surface area contributed by atoms with Gasteiger partial charge in [0.05, 0.1) is 6.61 Å². The van der Waals surface area contributed by atoms with Crippen molar-refractivity contribution in [2.24, 2.45) is 0 Å². The molecule has 0 aliphatic heterocycles. The highest BCUT2D eigenvalue weighted by Gasteiger charge is 2.05. The summed E-state index contributed by atoms with van der Waals surface area (Å²) in [6.07, 6.45) is 1.90. The van der Waals surface area contributed by atoms with E-state index in [1.165, 1.54) is 5.56 Å². The third-order valence-electron chi connectivity index (χ3n) is 1.94. The molecule has 0 heterocycles. The number of alkyl halides is 1. The van der Waals surface area contributed by atoms with Crippen molar-refractivity contribution < 1.29 is 4.74 Å². The van der Waals surface area contributed by atoms with Crippen molar-refractivity contribution in [2.45, 2.75) is 32.1 Å². The predicted molar refractivity (Wildman–Crippen MR) is 61.2 cm³/mol. The third kappa shape index (κ3) is 3.59. The largest absolute Gasteiger partial charge is 0.493 e. The molecule has 0 radical (unpaired) electrons. The van der Waals surface area contributed by atoms with Gasteiger partial charge in [0.25, 0.3) is 0 Å². The Balaban J connectivity index is 2.69. The minimum absolute atomic E-state index is 0.154. The summed E-state index contributed by atoms with van der Waals surface area (Å²) in [7, 11) is 0. The molecule has 1 rings (SSSR count). The van der Waals surface area contributed by atoms with Crippen LogP contribution in [0.2, 0.25) is 0 Å². The molecule has 0 saturated heterocycles. The molecule has 0 bridgehead atoms. The van der Waals surface area contributed by atoms with Gasteiger partial charge in [-0.1, -0.05) is 25.1 Å². The van der Waals surface area contributed by atoms with Gasteiger partial charge in [-0.2, -0.15) is 0 Å². The van der Waals surface area contributed by atoms with Gasteiger partial charge in [0.15, 0.2) is 0 Å². The fourth-order valence-corrected chi connectivity index (χ4v) is 1.49. The Hall–Kier alpha value is -0.690. The summed E-state index contributed by atoms with van der Waals surface area (Å²) in [6.45, 7) is 4.87. The van der Waals surface area contributed by atoms with Crippen molar-refractivity contribution in [3.63, 3.8) is 0 Å². The van der Waals surface area contributed by atoms with Gasteiger partial charge in [0.2, 0.25) is 0 Å². The van der Waals surface area contributed by atoms with Crippen LogP contribution >= 0.6 is 11.6 Å². The lowest BCUT2D eigenvalue weighted by atomic mass is 10.1. The molecular formula is C12H17ClO. The predicted octanol–water partition coefficient (Wildman–Crippen LogP) is 3.65. The van der Waals surface area contributed by atoms with Crippen LogP contribution in [0.1, 0.15) is 25.8 Å². The van der Waals surface area contributed by atoms with Crippen molar-refractivity contribution in [2.75, 3.05) is 6.61 Å². The minimum Gasteiger partial charge on any atom is -0.493 e. The first kappa shape index (κ1) is 11.4. The van der Waals surface area contributed by atoms with Crippen molar-refractivity contribution in [3.8, 4) is 5.75 Å². The highest BCUT2D eigenvalue weighted by molar-refractivity contribution is 6.20. The average Bonchev–Trinajstić information content (AvgIpc) is 2.16. The molecule has 78 valence electrons. The van der Waals surface area contributed by atoms with Crippen LogP contribution in [-0.4, -0.2) is 12.0 Å². The monoisotopic (exact) mass is 212 g/mol. The number of benzene rings is 1. The summed E-state index contributed by atoms with van der Waals surface area (Å²) in [4.78, 5) is 0. The van der Waals surface area contributed by atoms with Gasteiger partial charge in [0, 0.05) is 5.38 Å². The van der Waals surface area contributed by atoms with Crippen LogP contribution < -0.4 is 4.74 Å². The fourth-order valence-electron chi connectivity index (χ4n) is 1.33. The maximum absolute atomic E-state index is 5.96. The lowest BCUT2D eigenvalue weighted by Crippen LogP contribution is -2.02. The molecule has 0 aromatic heterocycles. The van der Waals surface area contributed by atoms with Crippen LogP contribution in [0.15, 0.2) is 24.3 Å². The summed E-state index contributed by atoms with van der Waals surface area (Å²) in [5, 5.41) is 0.154. The second-order valence-corrected chi connectivity index (χ2v) is 4.19. The van der Waals surface area contributed by atoms with Crippen LogP contribution in [-0.2, 0) is 6.42 Å². The van der Waals surface area contributed by atoms with Crippen molar-refractivity contribution >= 4 is 11.6 Å². The summed E-state index contributed by atoms with van der Waals surface area (Å²) >= 11 is 5.96. The number of hydrogen-bond donors (Lipinski definition) is 0. The van der Waals surface area contributed by atoms with Gasteiger partial charge in [-0.25, -0.2) is 0 Å². The SMILES string of the molecule is CCCOc1ccccc1CC(C)Cl. The average molecular weight is 213 g/mol. The van der Waals surface area contributed by atoms with Gasteiger partial charge in [-0.15, -0.1) is 11.6 Å². The number of hydrogen-bond acceptors (Lipinski definition) is 1. The van der Waals surface area contributed by atoms with Crippen molar-refractivity contribution in [1.29, 1.82) is 0 Å². The van der Waals surface area contributed by atoms with Crippen LogP contribution in [0.3, 0.4) is 0 Å². The normalized spacial score (nSPS) is 12.5. The van der Waals surface area contributed by atoms with E-state index in [0.717, 1.165) is 25.2 Å². The summed E-state index contributed by atoms with van der Waals surface area (Å²) in [6, 6.07) is 8.09. The first-order chi connectivity index (χ1) is 6.74. The standard InChI is InChI=1S/C12H17ClO/c1-3-8-14-12-7-5-4-6-11(12)9-10(2)13/h4-7,10H,3,8-9H2,1-2H3. The second kappa shape index (κ2) is 5.92. The maximum atomic E-state index is 5.96. The molecule has 0 amide bonds. The lowest BCUT2D eigenvalue weighted by molar-refractivity contribution is 0.314. The van der Waals surface area contributed by atoms with E-state index in [2.05, 4.69) is 13.0 Å². The molecule has 1 aromatic carbocycles. The van der Waals surface area contributed by atoms with E-state index < -0.39 is 0 Å². The van der Waals surface area contributed by atoms with Crippen molar-refractivity contribution in [1.82, 2.24) is 0 Å². The van der Waals surface area contributed by atoms with E-state index in [4.69, 9.17) is 16.3 Å². The molecule has 0 N–H and O–H groups in total. The number of para-hydroxylation sites is 1.